The first-order chi connectivity index (χ1) is 5.22. The van der Waals surface area contributed by atoms with E-state index in [-0.39, 0.29) is 12.4 Å². The third-order valence-corrected chi connectivity index (χ3v) is 2.05. The largest absolute Gasteiger partial charge is 0.375 e. The van der Waals surface area contributed by atoms with Gasteiger partial charge in [-0.15, -0.1) is 12.4 Å². The van der Waals surface area contributed by atoms with E-state index in [2.05, 4.69) is 26.1 Å². The molecule has 0 unspecified atom stereocenters. The van der Waals surface area contributed by atoms with E-state index >= 15 is 0 Å². The van der Waals surface area contributed by atoms with Crippen LogP contribution >= 0.6 is 12.4 Å². The minimum absolute atomic E-state index is 0. The van der Waals surface area contributed by atoms with Crippen LogP contribution in [0.5, 0.6) is 0 Å². The van der Waals surface area contributed by atoms with E-state index in [1.54, 1.807) is 0 Å². The lowest BCUT2D eigenvalue weighted by Gasteiger charge is -2.36. The van der Waals surface area contributed by atoms with Gasteiger partial charge in [0.15, 0.2) is 0 Å². The highest BCUT2D eigenvalue weighted by atomic mass is 35.5. The molecule has 0 amide bonds. The maximum atomic E-state index is 5.62. The molecule has 0 saturated heterocycles. The van der Waals surface area contributed by atoms with Crippen molar-refractivity contribution in [2.75, 3.05) is 6.54 Å². The zero-order valence-electron chi connectivity index (χ0n) is 8.17. The Bertz CT molecular complexity index is 113. The fourth-order valence-electron chi connectivity index (χ4n) is 1.52. The molecule has 1 N–H and O–H groups in total. The summed E-state index contributed by atoms with van der Waals surface area (Å²) in [6, 6.07) is 0.726. The van der Waals surface area contributed by atoms with Crippen LogP contribution in [0.15, 0.2) is 0 Å². The first-order valence-electron chi connectivity index (χ1n) is 4.61. The average molecular weight is 194 g/mol. The Morgan fingerprint density at radius 1 is 1.42 bits per heavy atom. The van der Waals surface area contributed by atoms with Crippen molar-refractivity contribution in [1.29, 1.82) is 0 Å². The lowest BCUT2D eigenvalue weighted by molar-refractivity contribution is -0.0494. The second-order valence-corrected chi connectivity index (χ2v) is 3.53. The second-order valence-electron chi connectivity index (χ2n) is 3.53. The summed E-state index contributed by atoms with van der Waals surface area (Å²) in [5.74, 6) is 0. The topological polar surface area (TPSA) is 21.3 Å². The first kappa shape index (κ1) is 12.2. The van der Waals surface area contributed by atoms with Crippen molar-refractivity contribution in [1.82, 2.24) is 5.32 Å². The van der Waals surface area contributed by atoms with Crippen LogP contribution in [0.2, 0.25) is 0 Å². The standard InChI is InChI=1S/C9H19NO.ClH/c1-4-10-8-5-9(6-8)11-7(2)3;/h7-10H,4-6H2,1-3H3;1H. The molecule has 1 rings (SSSR count). The molecule has 1 saturated carbocycles. The van der Waals surface area contributed by atoms with Crippen LogP contribution in [0.25, 0.3) is 0 Å². The Morgan fingerprint density at radius 3 is 2.42 bits per heavy atom. The van der Waals surface area contributed by atoms with Gasteiger partial charge >= 0.3 is 0 Å². The maximum absolute atomic E-state index is 5.62. The van der Waals surface area contributed by atoms with Gasteiger partial charge in [-0.05, 0) is 33.2 Å². The van der Waals surface area contributed by atoms with Crippen molar-refractivity contribution >= 4 is 12.4 Å². The van der Waals surface area contributed by atoms with Crippen LogP contribution in [0.1, 0.15) is 33.6 Å². The molecule has 0 heterocycles. The van der Waals surface area contributed by atoms with E-state index in [1.807, 2.05) is 0 Å². The zero-order valence-corrected chi connectivity index (χ0v) is 8.99. The van der Waals surface area contributed by atoms with Crippen molar-refractivity contribution in [3.8, 4) is 0 Å². The van der Waals surface area contributed by atoms with Gasteiger partial charge in [-0.2, -0.15) is 0 Å². The third kappa shape index (κ3) is 3.74. The maximum Gasteiger partial charge on any atom is 0.0608 e. The van der Waals surface area contributed by atoms with E-state index in [9.17, 15) is 0 Å². The van der Waals surface area contributed by atoms with E-state index in [4.69, 9.17) is 4.74 Å². The summed E-state index contributed by atoms with van der Waals surface area (Å²) >= 11 is 0. The molecule has 0 bridgehead atoms. The highest BCUT2D eigenvalue weighted by molar-refractivity contribution is 5.85. The van der Waals surface area contributed by atoms with Crippen LogP contribution in [0.3, 0.4) is 0 Å². The Labute approximate surface area is 81.5 Å². The highest BCUT2D eigenvalue weighted by Gasteiger charge is 2.29. The molecule has 0 aromatic carbocycles. The predicted molar refractivity (Wildman–Crippen MR) is 54.0 cm³/mol. The number of hydrogen-bond donors (Lipinski definition) is 1. The monoisotopic (exact) mass is 193 g/mol. The number of rotatable bonds is 4. The summed E-state index contributed by atoms with van der Waals surface area (Å²) in [5.41, 5.74) is 0. The molecule has 0 spiro atoms. The third-order valence-electron chi connectivity index (χ3n) is 2.05. The summed E-state index contributed by atoms with van der Waals surface area (Å²) in [4.78, 5) is 0. The van der Waals surface area contributed by atoms with Gasteiger partial charge in [0.1, 0.15) is 0 Å². The average Bonchev–Trinajstić information content (AvgIpc) is 1.82. The summed E-state index contributed by atoms with van der Waals surface area (Å²) in [5, 5.41) is 3.41. The minimum Gasteiger partial charge on any atom is -0.375 e. The molecule has 74 valence electrons. The Morgan fingerprint density at radius 2 is 2.00 bits per heavy atom. The van der Waals surface area contributed by atoms with Gasteiger partial charge < -0.3 is 10.1 Å². The molecular weight excluding hydrogens is 174 g/mol. The second kappa shape index (κ2) is 5.79. The van der Waals surface area contributed by atoms with Gasteiger partial charge in [-0.3, -0.25) is 0 Å². The van der Waals surface area contributed by atoms with Gasteiger partial charge in [-0.25, -0.2) is 0 Å². The number of halogens is 1. The molecule has 1 aliphatic rings. The van der Waals surface area contributed by atoms with Crippen molar-refractivity contribution in [2.45, 2.75) is 51.9 Å². The van der Waals surface area contributed by atoms with Crippen LogP contribution in [0, 0.1) is 0 Å². The molecule has 1 fully saturated rings. The molecule has 0 atom stereocenters. The van der Waals surface area contributed by atoms with E-state index in [1.165, 1.54) is 12.8 Å². The van der Waals surface area contributed by atoms with Crippen LogP contribution in [-0.4, -0.2) is 24.8 Å². The summed E-state index contributed by atoms with van der Waals surface area (Å²) < 4.78 is 5.62. The number of hydrogen-bond acceptors (Lipinski definition) is 2. The van der Waals surface area contributed by atoms with Crippen molar-refractivity contribution in [2.24, 2.45) is 0 Å². The lowest BCUT2D eigenvalue weighted by Crippen LogP contribution is -2.46. The van der Waals surface area contributed by atoms with Crippen LogP contribution in [0.4, 0.5) is 0 Å². The summed E-state index contributed by atoms with van der Waals surface area (Å²) in [6.45, 7) is 7.43. The van der Waals surface area contributed by atoms with Crippen molar-refractivity contribution in [3.05, 3.63) is 0 Å². The quantitative estimate of drug-likeness (QED) is 0.738. The van der Waals surface area contributed by atoms with Gasteiger partial charge in [0.2, 0.25) is 0 Å². The van der Waals surface area contributed by atoms with Gasteiger partial charge in [-0.1, -0.05) is 6.92 Å². The number of nitrogens with one attached hydrogen (secondary N) is 1. The van der Waals surface area contributed by atoms with E-state index < -0.39 is 0 Å². The number of ether oxygens (including phenoxy) is 1. The predicted octanol–water partition coefficient (Wildman–Crippen LogP) is 1.97. The van der Waals surface area contributed by atoms with Gasteiger partial charge in [0.25, 0.3) is 0 Å². The van der Waals surface area contributed by atoms with Crippen molar-refractivity contribution < 1.29 is 4.74 Å². The smallest absolute Gasteiger partial charge is 0.0608 e. The molecule has 0 aromatic rings. The molecule has 0 aliphatic heterocycles. The van der Waals surface area contributed by atoms with Gasteiger partial charge in [0.05, 0.1) is 12.2 Å². The Hall–Kier alpha value is 0.210. The molecule has 1 aliphatic carbocycles. The molecule has 3 heteroatoms. The minimum atomic E-state index is 0. The SMILES string of the molecule is CCNC1CC(OC(C)C)C1.Cl. The van der Waals surface area contributed by atoms with E-state index in [0.717, 1.165) is 12.6 Å². The molecule has 12 heavy (non-hydrogen) atoms. The highest BCUT2D eigenvalue weighted by Crippen LogP contribution is 2.24. The summed E-state index contributed by atoms with van der Waals surface area (Å²) in [6.07, 6.45) is 3.32. The van der Waals surface area contributed by atoms with Crippen LogP contribution < -0.4 is 5.32 Å². The summed E-state index contributed by atoms with van der Waals surface area (Å²) in [7, 11) is 0. The molecular formula is C9H20ClNO. The Balaban J connectivity index is 0.00000121. The van der Waals surface area contributed by atoms with Crippen molar-refractivity contribution in [3.63, 3.8) is 0 Å². The Kier molecular flexibility index (Phi) is 5.89. The van der Waals surface area contributed by atoms with E-state index in [0.29, 0.717) is 12.2 Å². The van der Waals surface area contributed by atoms with Crippen LogP contribution in [-0.2, 0) is 4.74 Å². The molecule has 0 radical (unpaired) electrons. The fourth-order valence-corrected chi connectivity index (χ4v) is 1.52. The lowest BCUT2D eigenvalue weighted by atomic mass is 9.89. The molecule has 0 aromatic heterocycles. The van der Waals surface area contributed by atoms with Gasteiger partial charge in [0, 0.05) is 6.04 Å². The zero-order chi connectivity index (χ0) is 8.27. The first-order valence-corrected chi connectivity index (χ1v) is 4.61. The molecule has 2 nitrogen and oxygen atoms in total. The normalized spacial score (nSPS) is 28.0. The fraction of sp³-hybridized carbons (Fsp3) is 1.00.